The Morgan fingerprint density at radius 2 is 1.90 bits per heavy atom. The number of ether oxygens (including phenoxy) is 1. The first-order valence-electron chi connectivity index (χ1n) is 9.43. The Labute approximate surface area is 173 Å². The third-order valence-corrected chi connectivity index (χ3v) is 5.06. The van der Waals surface area contributed by atoms with Gasteiger partial charge in [-0.1, -0.05) is 12.1 Å². The van der Waals surface area contributed by atoms with Gasteiger partial charge in [0.15, 0.2) is 0 Å². The maximum atomic E-state index is 12.8. The molecular weight excluding hydrogens is 415 g/mol. The van der Waals surface area contributed by atoms with Crippen LogP contribution in [0, 0.1) is 6.92 Å². The van der Waals surface area contributed by atoms with E-state index < -0.39 is 29.1 Å². The first kappa shape index (κ1) is 20.8. The second-order valence-corrected chi connectivity index (χ2v) is 7.11. The zero-order valence-electron chi connectivity index (χ0n) is 16.4. The van der Waals surface area contributed by atoms with Gasteiger partial charge in [0.1, 0.15) is 11.8 Å². The van der Waals surface area contributed by atoms with E-state index in [1.807, 2.05) is 4.90 Å². The Morgan fingerprint density at radius 3 is 2.58 bits per heavy atom. The highest BCUT2D eigenvalue weighted by atomic mass is 19.4. The van der Waals surface area contributed by atoms with E-state index in [1.165, 1.54) is 18.3 Å². The van der Waals surface area contributed by atoms with Crippen molar-refractivity contribution in [3.8, 4) is 11.3 Å². The summed E-state index contributed by atoms with van der Waals surface area (Å²) in [5.74, 6) is 0. The quantitative estimate of drug-likeness (QED) is 0.658. The second kappa shape index (κ2) is 7.99. The number of rotatable bonds is 3. The summed E-state index contributed by atoms with van der Waals surface area (Å²) in [4.78, 5) is 29.9. The molecule has 3 aromatic rings. The van der Waals surface area contributed by atoms with E-state index in [9.17, 15) is 22.8 Å². The van der Waals surface area contributed by atoms with Gasteiger partial charge in [-0.2, -0.15) is 18.3 Å². The van der Waals surface area contributed by atoms with Crippen molar-refractivity contribution in [3.05, 3.63) is 74.2 Å². The van der Waals surface area contributed by atoms with Gasteiger partial charge in [0.05, 0.1) is 29.1 Å². The molecule has 1 unspecified atom stereocenters. The molecule has 0 aliphatic carbocycles. The van der Waals surface area contributed by atoms with E-state index in [0.717, 1.165) is 17.8 Å². The lowest BCUT2D eigenvalue weighted by atomic mass is 10.0. The van der Waals surface area contributed by atoms with Gasteiger partial charge in [-0.15, -0.1) is 5.10 Å². The third-order valence-electron chi connectivity index (χ3n) is 5.06. The molecule has 4 rings (SSSR count). The SMILES string of the molecule is Cc1nnc(-c2c[nH]c(=O)[nH]c2=O)cc1N1CCOC(c2ccc(C(F)(F)F)cc2)C1. The van der Waals surface area contributed by atoms with Crippen molar-refractivity contribution in [2.75, 3.05) is 24.6 Å². The number of hydrogen-bond acceptors (Lipinski definition) is 6. The second-order valence-electron chi connectivity index (χ2n) is 7.11. The van der Waals surface area contributed by atoms with Gasteiger partial charge < -0.3 is 14.6 Å². The predicted molar refractivity (Wildman–Crippen MR) is 106 cm³/mol. The normalized spacial score (nSPS) is 17.0. The summed E-state index contributed by atoms with van der Waals surface area (Å²) < 4.78 is 44.2. The van der Waals surface area contributed by atoms with E-state index in [2.05, 4.69) is 20.2 Å². The van der Waals surface area contributed by atoms with Gasteiger partial charge in [-0.05, 0) is 30.7 Å². The number of nitrogens with zero attached hydrogens (tertiary/aromatic N) is 3. The van der Waals surface area contributed by atoms with Crippen LogP contribution in [0.2, 0.25) is 0 Å². The van der Waals surface area contributed by atoms with Crippen LogP contribution in [-0.2, 0) is 10.9 Å². The summed E-state index contributed by atoms with van der Waals surface area (Å²) in [5.41, 5.74) is 0.507. The van der Waals surface area contributed by atoms with E-state index in [0.29, 0.717) is 31.0 Å². The topological polar surface area (TPSA) is 104 Å². The van der Waals surface area contributed by atoms with Crippen LogP contribution in [0.15, 0.2) is 46.1 Å². The highest BCUT2D eigenvalue weighted by Gasteiger charge is 2.31. The zero-order valence-corrected chi connectivity index (χ0v) is 16.4. The van der Waals surface area contributed by atoms with Crippen LogP contribution in [0.4, 0.5) is 18.9 Å². The molecule has 11 heteroatoms. The molecular formula is C20H18F3N5O3. The van der Waals surface area contributed by atoms with Gasteiger partial charge in [-0.3, -0.25) is 9.78 Å². The third kappa shape index (κ3) is 4.36. The summed E-state index contributed by atoms with van der Waals surface area (Å²) in [6.07, 6.45) is -3.55. The highest BCUT2D eigenvalue weighted by molar-refractivity contribution is 5.64. The molecule has 0 radical (unpaired) electrons. The van der Waals surface area contributed by atoms with Gasteiger partial charge in [-0.25, -0.2) is 4.79 Å². The molecule has 1 saturated heterocycles. The van der Waals surface area contributed by atoms with E-state index in [1.54, 1.807) is 13.0 Å². The number of morpholine rings is 1. The van der Waals surface area contributed by atoms with Crippen molar-refractivity contribution in [2.24, 2.45) is 0 Å². The lowest BCUT2D eigenvalue weighted by Crippen LogP contribution is -2.39. The Bertz CT molecular complexity index is 1200. The van der Waals surface area contributed by atoms with Crippen LogP contribution < -0.4 is 16.1 Å². The molecule has 0 amide bonds. The van der Waals surface area contributed by atoms with Crippen molar-refractivity contribution in [1.29, 1.82) is 0 Å². The van der Waals surface area contributed by atoms with Crippen LogP contribution in [0.5, 0.6) is 0 Å². The molecule has 0 spiro atoms. The summed E-state index contributed by atoms with van der Waals surface area (Å²) in [5, 5.41) is 8.18. The molecule has 0 bridgehead atoms. The monoisotopic (exact) mass is 433 g/mol. The highest BCUT2D eigenvalue weighted by Crippen LogP contribution is 2.32. The first-order valence-corrected chi connectivity index (χ1v) is 9.43. The number of aromatic nitrogens is 4. The molecule has 2 aromatic heterocycles. The summed E-state index contributed by atoms with van der Waals surface area (Å²) in [6.45, 7) is 3.05. The minimum absolute atomic E-state index is 0.167. The average Bonchev–Trinajstić information content (AvgIpc) is 2.74. The molecule has 1 aromatic carbocycles. The Kier molecular flexibility index (Phi) is 5.36. The Balaban J connectivity index is 1.61. The standard InChI is InChI=1S/C20H18F3N5O3/c1-11-16(8-15(27-26-11)14-9-24-19(30)25-18(14)29)28-6-7-31-17(10-28)12-2-4-13(5-3-12)20(21,22)23/h2-5,8-9,17H,6-7,10H2,1H3,(H2,24,25,29,30). The number of nitrogens with one attached hydrogen (secondary N) is 2. The minimum atomic E-state index is -4.40. The van der Waals surface area contributed by atoms with E-state index >= 15 is 0 Å². The zero-order chi connectivity index (χ0) is 22.2. The van der Waals surface area contributed by atoms with Crippen molar-refractivity contribution >= 4 is 5.69 Å². The molecule has 0 saturated carbocycles. The van der Waals surface area contributed by atoms with Gasteiger partial charge in [0, 0.05) is 19.3 Å². The number of alkyl halides is 3. The summed E-state index contributed by atoms with van der Waals surface area (Å²) in [7, 11) is 0. The molecule has 1 atom stereocenters. The maximum absolute atomic E-state index is 12.8. The summed E-state index contributed by atoms with van der Waals surface area (Å²) >= 11 is 0. The molecule has 162 valence electrons. The maximum Gasteiger partial charge on any atom is 0.416 e. The molecule has 2 N–H and O–H groups in total. The van der Waals surface area contributed by atoms with Crippen LogP contribution in [0.1, 0.15) is 22.9 Å². The number of H-pyrrole nitrogens is 2. The van der Waals surface area contributed by atoms with Crippen LogP contribution in [-0.4, -0.2) is 39.9 Å². The smallest absolute Gasteiger partial charge is 0.370 e. The van der Waals surface area contributed by atoms with Crippen LogP contribution in [0.3, 0.4) is 0 Å². The first-order chi connectivity index (χ1) is 14.7. The average molecular weight is 433 g/mol. The van der Waals surface area contributed by atoms with Gasteiger partial charge in [0.2, 0.25) is 0 Å². The van der Waals surface area contributed by atoms with Gasteiger partial charge >= 0.3 is 11.9 Å². The fourth-order valence-corrected chi connectivity index (χ4v) is 3.45. The van der Waals surface area contributed by atoms with Crippen molar-refractivity contribution in [2.45, 2.75) is 19.2 Å². The molecule has 3 heterocycles. The Morgan fingerprint density at radius 1 is 1.16 bits per heavy atom. The number of benzene rings is 1. The van der Waals surface area contributed by atoms with Crippen molar-refractivity contribution in [3.63, 3.8) is 0 Å². The number of aromatic amines is 2. The molecule has 31 heavy (non-hydrogen) atoms. The number of halogens is 3. The van der Waals surface area contributed by atoms with Crippen molar-refractivity contribution in [1.82, 2.24) is 20.2 Å². The molecule has 1 aliphatic heterocycles. The fraction of sp³-hybridized carbons (Fsp3) is 0.300. The van der Waals surface area contributed by atoms with E-state index in [4.69, 9.17) is 4.74 Å². The van der Waals surface area contributed by atoms with Crippen LogP contribution in [0.25, 0.3) is 11.3 Å². The summed E-state index contributed by atoms with van der Waals surface area (Å²) in [6, 6.07) is 6.61. The van der Waals surface area contributed by atoms with E-state index in [-0.39, 0.29) is 11.3 Å². The fourth-order valence-electron chi connectivity index (χ4n) is 3.45. The van der Waals surface area contributed by atoms with Crippen LogP contribution >= 0.6 is 0 Å². The predicted octanol–water partition coefficient (Wildman–Crippen LogP) is 2.43. The molecule has 1 aliphatic rings. The lowest BCUT2D eigenvalue weighted by molar-refractivity contribution is -0.137. The number of aryl methyl sites for hydroxylation is 1. The Hall–Kier alpha value is -3.47. The van der Waals surface area contributed by atoms with Crippen molar-refractivity contribution < 1.29 is 17.9 Å². The largest absolute Gasteiger partial charge is 0.416 e. The van der Waals surface area contributed by atoms with Gasteiger partial charge in [0.25, 0.3) is 5.56 Å². The number of anilines is 1. The number of hydrogen-bond donors (Lipinski definition) is 2. The minimum Gasteiger partial charge on any atom is -0.370 e. The molecule has 8 nitrogen and oxygen atoms in total. The lowest BCUT2D eigenvalue weighted by Gasteiger charge is -2.35. The molecule has 1 fully saturated rings.